The first-order valence-corrected chi connectivity index (χ1v) is 7.11. The van der Waals surface area contributed by atoms with Gasteiger partial charge in [0.05, 0.1) is 11.4 Å². The lowest BCUT2D eigenvalue weighted by molar-refractivity contribution is 0.534. The molecule has 0 spiro atoms. The lowest BCUT2D eigenvalue weighted by atomic mass is 10.2. The van der Waals surface area contributed by atoms with E-state index in [4.69, 9.17) is 5.73 Å². The van der Waals surface area contributed by atoms with Gasteiger partial charge in [0.1, 0.15) is 5.82 Å². The van der Waals surface area contributed by atoms with Crippen molar-refractivity contribution < 1.29 is 0 Å². The van der Waals surface area contributed by atoms with E-state index in [2.05, 4.69) is 52.3 Å². The Labute approximate surface area is 122 Å². The summed E-state index contributed by atoms with van der Waals surface area (Å²) in [4.78, 5) is 0. The van der Waals surface area contributed by atoms with Crippen LogP contribution in [0, 0.1) is 6.92 Å². The van der Waals surface area contributed by atoms with Crippen molar-refractivity contribution >= 4 is 27.4 Å². The molecule has 19 heavy (non-hydrogen) atoms. The summed E-state index contributed by atoms with van der Waals surface area (Å²) in [7, 11) is 0. The number of nitrogens with two attached hydrogens (primary N) is 1. The SMILES string of the molecule is Cc1nn(C(C)C)c(NCc2ccc(Br)cc2)c1N. The number of aromatic nitrogens is 2. The highest BCUT2D eigenvalue weighted by Gasteiger charge is 2.14. The summed E-state index contributed by atoms with van der Waals surface area (Å²) in [5, 5.41) is 7.84. The third kappa shape index (κ3) is 3.10. The number of benzene rings is 1. The Hall–Kier alpha value is -1.49. The molecule has 2 rings (SSSR count). The lowest BCUT2D eigenvalue weighted by Crippen LogP contribution is -2.11. The van der Waals surface area contributed by atoms with Crippen LogP contribution >= 0.6 is 15.9 Å². The molecule has 0 amide bonds. The summed E-state index contributed by atoms with van der Waals surface area (Å²) in [6.45, 7) is 6.85. The van der Waals surface area contributed by atoms with E-state index in [9.17, 15) is 0 Å². The highest BCUT2D eigenvalue weighted by Crippen LogP contribution is 2.26. The molecule has 0 saturated heterocycles. The zero-order valence-electron chi connectivity index (χ0n) is 11.4. The standard InChI is InChI=1S/C14H19BrN4/c1-9(2)19-14(13(16)10(3)18-19)17-8-11-4-6-12(15)7-5-11/h4-7,9,17H,8,16H2,1-3H3. The lowest BCUT2D eigenvalue weighted by Gasteiger charge is -2.13. The van der Waals surface area contributed by atoms with Gasteiger partial charge in [0.15, 0.2) is 0 Å². The number of aryl methyl sites for hydroxylation is 1. The second kappa shape index (κ2) is 5.65. The Morgan fingerprint density at radius 3 is 2.53 bits per heavy atom. The van der Waals surface area contributed by atoms with Crippen molar-refractivity contribution in [3.8, 4) is 0 Å². The van der Waals surface area contributed by atoms with Crippen molar-refractivity contribution in [3.63, 3.8) is 0 Å². The van der Waals surface area contributed by atoms with E-state index in [0.29, 0.717) is 0 Å². The predicted octanol–water partition coefficient (Wildman–Crippen LogP) is 3.73. The van der Waals surface area contributed by atoms with Crippen molar-refractivity contribution in [2.75, 3.05) is 11.1 Å². The fraction of sp³-hybridized carbons (Fsp3) is 0.357. The van der Waals surface area contributed by atoms with Crippen LogP contribution in [0.2, 0.25) is 0 Å². The third-order valence-electron chi connectivity index (χ3n) is 2.99. The zero-order chi connectivity index (χ0) is 14.0. The summed E-state index contributed by atoms with van der Waals surface area (Å²) in [5.74, 6) is 0.899. The monoisotopic (exact) mass is 322 g/mol. The summed E-state index contributed by atoms with van der Waals surface area (Å²) in [5.41, 5.74) is 8.88. The van der Waals surface area contributed by atoms with E-state index in [1.807, 2.05) is 23.7 Å². The number of anilines is 2. The highest BCUT2D eigenvalue weighted by molar-refractivity contribution is 9.10. The van der Waals surface area contributed by atoms with Gasteiger partial charge in [-0.25, -0.2) is 4.68 Å². The molecule has 5 heteroatoms. The van der Waals surface area contributed by atoms with Crippen LogP contribution < -0.4 is 11.1 Å². The quantitative estimate of drug-likeness (QED) is 0.901. The van der Waals surface area contributed by atoms with Crippen LogP contribution in [0.1, 0.15) is 31.1 Å². The Bertz CT molecular complexity index is 558. The molecule has 102 valence electrons. The van der Waals surface area contributed by atoms with E-state index < -0.39 is 0 Å². The number of hydrogen-bond acceptors (Lipinski definition) is 3. The molecule has 3 N–H and O–H groups in total. The van der Waals surface area contributed by atoms with Crippen molar-refractivity contribution in [3.05, 3.63) is 40.0 Å². The molecule has 0 saturated carbocycles. The largest absolute Gasteiger partial charge is 0.394 e. The van der Waals surface area contributed by atoms with Crippen LogP contribution in [-0.2, 0) is 6.54 Å². The minimum atomic E-state index is 0.281. The fourth-order valence-corrected chi connectivity index (χ4v) is 2.16. The summed E-state index contributed by atoms with van der Waals surface area (Å²) < 4.78 is 3.02. The topological polar surface area (TPSA) is 55.9 Å². The molecular formula is C14H19BrN4. The smallest absolute Gasteiger partial charge is 0.148 e. The third-order valence-corrected chi connectivity index (χ3v) is 3.52. The van der Waals surface area contributed by atoms with E-state index in [1.165, 1.54) is 5.56 Å². The first-order chi connectivity index (χ1) is 8.99. The van der Waals surface area contributed by atoms with Crippen molar-refractivity contribution in [2.24, 2.45) is 0 Å². The molecule has 0 aliphatic rings. The van der Waals surface area contributed by atoms with Gasteiger partial charge in [-0.15, -0.1) is 0 Å². The van der Waals surface area contributed by atoms with E-state index in [1.54, 1.807) is 0 Å². The molecule has 1 heterocycles. The van der Waals surface area contributed by atoms with Crippen LogP contribution in [0.5, 0.6) is 0 Å². The highest BCUT2D eigenvalue weighted by atomic mass is 79.9. The molecule has 1 aromatic heterocycles. The molecule has 0 aliphatic heterocycles. The van der Waals surface area contributed by atoms with Crippen LogP contribution in [0.4, 0.5) is 11.5 Å². The second-order valence-corrected chi connectivity index (χ2v) is 5.78. The van der Waals surface area contributed by atoms with Gasteiger partial charge < -0.3 is 11.1 Å². The minimum Gasteiger partial charge on any atom is -0.394 e. The van der Waals surface area contributed by atoms with Crippen LogP contribution in [0.25, 0.3) is 0 Å². The van der Waals surface area contributed by atoms with Crippen LogP contribution in [-0.4, -0.2) is 9.78 Å². The number of halogens is 1. The maximum Gasteiger partial charge on any atom is 0.148 e. The number of nitrogens with zero attached hydrogens (tertiary/aromatic N) is 2. The summed E-state index contributed by atoms with van der Waals surface area (Å²) >= 11 is 3.43. The Balaban J connectivity index is 2.17. The number of nitrogens with one attached hydrogen (secondary N) is 1. The maximum absolute atomic E-state index is 6.08. The average Bonchev–Trinajstić information content (AvgIpc) is 2.66. The molecule has 0 unspecified atom stereocenters. The summed E-state index contributed by atoms with van der Waals surface area (Å²) in [6, 6.07) is 8.51. The number of nitrogen functional groups attached to an aromatic ring is 1. The van der Waals surface area contributed by atoms with Gasteiger partial charge in [-0.2, -0.15) is 5.10 Å². The summed E-state index contributed by atoms with van der Waals surface area (Å²) in [6.07, 6.45) is 0. The normalized spacial score (nSPS) is 11.0. The van der Waals surface area contributed by atoms with Gasteiger partial charge >= 0.3 is 0 Å². The van der Waals surface area contributed by atoms with Crippen molar-refractivity contribution in [1.82, 2.24) is 9.78 Å². The van der Waals surface area contributed by atoms with E-state index in [0.717, 1.165) is 28.2 Å². The van der Waals surface area contributed by atoms with Crippen molar-refractivity contribution in [2.45, 2.75) is 33.4 Å². The fourth-order valence-electron chi connectivity index (χ4n) is 1.90. The minimum absolute atomic E-state index is 0.281. The molecule has 0 bridgehead atoms. The van der Waals surface area contributed by atoms with Gasteiger partial charge in [-0.3, -0.25) is 0 Å². The number of rotatable bonds is 4. The Morgan fingerprint density at radius 1 is 1.32 bits per heavy atom. The zero-order valence-corrected chi connectivity index (χ0v) is 13.0. The van der Waals surface area contributed by atoms with Crippen molar-refractivity contribution in [1.29, 1.82) is 0 Å². The second-order valence-electron chi connectivity index (χ2n) is 4.87. The molecular weight excluding hydrogens is 304 g/mol. The molecule has 1 aromatic carbocycles. The Kier molecular flexibility index (Phi) is 4.14. The molecule has 0 aliphatic carbocycles. The molecule has 0 radical (unpaired) electrons. The van der Waals surface area contributed by atoms with Gasteiger partial charge in [0, 0.05) is 17.1 Å². The van der Waals surface area contributed by atoms with Gasteiger partial charge in [-0.05, 0) is 38.5 Å². The van der Waals surface area contributed by atoms with Crippen LogP contribution in [0.15, 0.2) is 28.7 Å². The van der Waals surface area contributed by atoms with E-state index >= 15 is 0 Å². The first-order valence-electron chi connectivity index (χ1n) is 6.32. The van der Waals surface area contributed by atoms with Gasteiger partial charge in [-0.1, -0.05) is 28.1 Å². The Morgan fingerprint density at radius 2 is 1.95 bits per heavy atom. The average molecular weight is 323 g/mol. The molecule has 0 atom stereocenters. The number of hydrogen-bond donors (Lipinski definition) is 2. The molecule has 2 aromatic rings. The molecule has 0 fully saturated rings. The van der Waals surface area contributed by atoms with Crippen LogP contribution in [0.3, 0.4) is 0 Å². The molecule has 4 nitrogen and oxygen atoms in total. The predicted molar refractivity (Wildman–Crippen MR) is 83.2 cm³/mol. The van der Waals surface area contributed by atoms with E-state index in [-0.39, 0.29) is 6.04 Å². The first kappa shape index (κ1) is 13.9. The van der Waals surface area contributed by atoms with Gasteiger partial charge in [0.25, 0.3) is 0 Å². The van der Waals surface area contributed by atoms with Gasteiger partial charge in [0.2, 0.25) is 0 Å². The maximum atomic E-state index is 6.08.